The monoisotopic (exact) mass is 1360 g/mol. The van der Waals surface area contributed by atoms with Gasteiger partial charge in [-0.05, 0) is 116 Å². The number of hydrogen-bond donors (Lipinski definition) is 0. The first-order chi connectivity index (χ1) is 47.0. The molecule has 0 saturated carbocycles. The number of carbonyl (C=O) groups is 2. The molecule has 2 unspecified atom stereocenters. The lowest BCUT2D eigenvalue weighted by Crippen LogP contribution is -2.37. The minimum Gasteiger partial charge on any atom is -0.756 e. The zero-order chi connectivity index (χ0) is 69.7. The van der Waals surface area contributed by atoms with Crippen LogP contribution in [0.4, 0.5) is 0 Å². The number of quaternary nitrogens is 1. The van der Waals surface area contributed by atoms with E-state index >= 15 is 0 Å². The van der Waals surface area contributed by atoms with Gasteiger partial charge in [0.15, 0.2) is 6.10 Å². The summed E-state index contributed by atoms with van der Waals surface area (Å²) in [6.07, 6.45) is 110. The van der Waals surface area contributed by atoms with Crippen LogP contribution < -0.4 is 4.89 Å². The average molecular weight is 1360 g/mol. The molecular weight excluding hydrogens is 1210 g/mol. The Morgan fingerprint density at radius 2 is 0.594 bits per heavy atom. The van der Waals surface area contributed by atoms with Crippen molar-refractivity contribution in [3.8, 4) is 0 Å². The Labute approximate surface area is 593 Å². The summed E-state index contributed by atoms with van der Waals surface area (Å²) < 4.78 is 34.4. The number of esters is 2. The Morgan fingerprint density at radius 3 is 0.896 bits per heavy atom. The highest BCUT2D eigenvalue weighted by Gasteiger charge is 2.22. The van der Waals surface area contributed by atoms with Crippen molar-refractivity contribution in [3.05, 3.63) is 134 Å². The minimum atomic E-state index is -4.66. The van der Waals surface area contributed by atoms with Gasteiger partial charge in [-0.3, -0.25) is 14.2 Å². The average Bonchev–Trinajstić information content (AvgIpc) is 2.74. The molecule has 0 aliphatic rings. The summed E-state index contributed by atoms with van der Waals surface area (Å²) in [4.78, 5) is 38.2. The van der Waals surface area contributed by atoms with Gasteiger partial charge < -0.3 is 27.9 Å². The van der Waals surface area contributed by atoms with Crippen LogP contribution in [0.1, 0.15) is 348 Å². The number of nitrogens with zero attached hydrogens (tertiary/aromatic N) is 1. The van der Waals surface area contributed by atoms with Crippen molar-refractivity contribution in [3.63, 3.8) is 0 Å². The summed E-state index contributed by atoms with van der Waals surface area (Å²) in [5, 5.41) is 0. The molecule has 0 aromatic carbocycles. The Balaban J connectivity index is 4.04. The van der Waals surface area contributed by atoms with Crippen molar-refractivity contribution < 1.29 is 42.1 Å². The van der Waals surface area contributed by atoms with Crippen molar-refractivity contribution in [2.75, 3.05) is 47.5 Å². The van der Waals surface area contributed by atoms with E-state index in [1.807, 2.05) is 21.1 Å². The zero-order valence-corrected chi connectivity index (χ0v) is 63.9. The van der Waals surface area contributed by atoms with Gasteiger partial charge in [0.25, 0.3) is 7.82 Å². The van der Waals surface area contributed by atoms with Gasteiger partial charge in [-0.1, -0.05) is 353 Å². The van der Waals surface area contributed by atoms with Crippen LogP contribution in [0, 0.1) is 0 Å². The van der Waals surface area contributed by atoms with Crippen molar-refractivity contribution >= 4 is 19.8 Å². The highest BCUT2D eigenvalue weighted by atomic mass is 31.2. The zero-order valence-electron chi connectivity index (χ0n) is 63.0. The van der Waals surface area contributed by atoms with E-state index in [4.69, 9.17) is 18.5 Å². The summed E-state index contributed by atoms with van der Waals surface area (Å²) in [7, 11) is 1.14. The van der Waals surface area contributed by atoms with E-state index in [0.29, 0.717) is 17.4 Å². The molecule has 0 heterocycles. The fourth-order valence-corrected chi connectivity index (χ4v) is 11.8. The molecule has 10 heteroatoms. The maximum atomic E-state index is 12.9. The molecule has 0 amide bonds. The lowest BCUT2D eigenvalue weighted by Gasteiger charge is -2.28. The number of ether oxygens (including phenoxy) is 2. The quantitative estimate of drug-likeness (QED) is 0.0195. The first-order valence-electron chi connectivity index (χ1n) is 39.9. The minimum absolute atomic E-state index is 0.0414. The summed E-state index contributed by atoms with van der Waals surface area (Å²) in [6.45, 7) is 4.12. The lowest BCUT2D eigenvalue weighted by atomic mass is 10.0. The molecule has 96 heavy (non-hydrogen) atoms. The summed E-state index contributed by atoms with van der Waals surface area (Å²) in [6, 6.07) is 0. The summed E-state index contributed by atoms with van der Waals surface area (Å²) in [5.74, 6) is -0.858. The molecule has 2 atom stereocenters. The smallest absolute Gasteiger partial charge is 0.306 e. The van der Waals surface area contributed by atoms with Crippen LogP contribution in [0.2, 0.25) is 0 Å². The SMILES string of the molecule is CC/C=C\C/C=C\C/C=C\C/C=C\C/C=C\C/C=C\C/C=C\C/C=C\C/C=C\C/C=C\CCCCCCC(=O)OC(COC(=O)CCCCCCCCCCCCCCCCCCCCCCCCCCC/C=C\CCCCCCCCCC)COP(=O)([O-])OCC[N+](C)(C)C. The van der Waals surface area contributed by atoms with E-state index in [-0.39, 0.29) is 32.0 Å². The predicted octanol–water partition coefficient (Wildman–Crippen LogP) is 26.1. The molecule has 0 spiro atoms. The number of likely N-dealkylation sites (N-methyl/N-ethyl adjacent to an activating group) is 1. The van der Waals surface area contributed by atoms with Crippen LogP contribution in [0.3, 0.4) is 0 Å². The second-order valence-corrected chi connectivity index (χ2v) is 29.1. The molecular formula is C86H150NO8P. The number of allylic oxidation sites excluding steroid dienone is 22. The Hall–Kier alpha value is -3.85. The van der Waals surface area contributed by atoms with E-state index in [9.17, 15) is 19.0 Å². The molecule has 0 fully saturated rings. The van der Waals surface area contributed by atoms with E-state index in [2.05, 4.69) is 148 Å². The molecule has 552 valence electrons. The summed E-state index contributed by atoms with van der Waals surface area (Å²) >= 11 is 0. The second kappa shape index (κ2) is 75.4. The Kier molecular flexibility index (Phi) is 72.3. The molecule has 0 aliphatic heterocycles. The molecule has 9 nitrogen and oxygen atoms in total. The molecule has 0 saturated heterocycles. The van der Waals surface area contributed by atoms with E-state index in [1.165, 1.54) is 205 Å². The third-order valence-corrected chi connectivity index (χ3v) is 18.1. The predicted molar refractivity (Wildman–Crippen MR) is 415 cm³/mol. The van der Waals surface area contributed by atoms with Gasteiger partial charge in [0.1, 0.15) is 19.8 Å². The van der Waals surface area contributed by atoms with Gasteiger partial charge >= 0.3 is 11.9 Å². The van der Waals surface area contributed by atoms with Gasteiger partial charge in [-0.2, -0.15) is 0 Å². The first kappa shape index (κ1) is 92.2. The van der Waals surface area contributed by atoms with Crippen molar-refractivity contribution in [1.82, 2.24) is 0 Å². The topological polar surface area (TPSA) is 111 Å². The number of rotatable bonds is 73. The lowest BCUT2D eigenvalue weighted by molar-refractivity contribution is -0.870. The van der Waals surface area contributed by atoms with E-state index in [0.717, 1.165) is 109 Å². The molecule has 0 aromatic heterocycles. The number of phosphoric acid groups is 1. The molecule has 0 aromatic rings. The fraction of sp³-hybridized carbons (Fsp3) is 0.721. The number of unbranched alkanes of at least 4 members (excludes halogenated alkanes) is 37. The fourth-order valence-electron chi connectivity index (χ4n) is 11.1. The third kappa shape index (κ3) is 79.1. The number of hydrogen-bond acceptors (Lipinski definition) is 8. The van der Waals surface area contributed by atoms with Crippen LogP contribution in [0.5, 0.6) is 0 Å². The maximum absolute atomic E-state index is 12.9. The highest BCUT2D eigenvalue weighted by molar-refractivity contribution is 7.45. The molecule has 0 aliphatic carbocycles. The van der Waals surface area contributed by atoms with Crippen molar-refractivity contribution in [2.45, 2.75) is 354 Å². The maximum Gasteiger partial charge on any atom is 0.306 e. The summed E-state index contributed by atoms with van der Waals surface area (Å²) in [5.41, 5.74) is 0. The molecule has 0 radical (unpaired) electrons. The Bertz CT molecular complexity index is 2090. The first-order valence-corrected chi connectivity index (χ1v) is 41.4. The second-order valence-electron chi connectivity index (χ2n) is 27.7. The van der Waals surface area contributed by atoms with Gasteiger partial charge in [0.05, 0.1) is 27.7 Å². The largest absolute Gasteiger partial charge is 0.756 e. The van der Waals surface area contributed by atoms with Gasteiger partial charge in [0.2, 0.25) is 0 Å². The van der Waals surface area contributed by atoms with E-state index < -0.39 is 26.5 Å². The molecule has 0 rings (SSSR count). The van der Waals surface area contributed by atoms with Gasteiger partial charge in [-0.15, -0.1) is 0 Å². The number of phosphoric ester groups is 1. The molecule has 0 bridgehead atoms. The van der Waals surface area contributed by atoms with Crippen LogP contribution in [-0.2, 0) is 32.7 Å². The van der Waals surface area contributed by atoms with Gasteiger partial charge in [0, 0.05) is 12.8 Å². The van der Waals surface area contributed by atoms with E-state index in [1.54, 1.807) is 0 Å². The van der Waals surface area contributed by atoms with Crippen LogP contribution in [-0.4, -0.2) is 70.0 Å². The van der Waals surface area contributed by atoms with Gasteiger partial charge in [-0.25, -0.2) is 0 Å². The molecule has 0 N–H and O–H groups in total. The number of carbonyl (C=O) groups excluding carboxylic acids is 2. The van der Waals surface area contributed by atoms with Crippen LogP contribution >= 0.6 is 7.82 Å². The van der Waals surface area contributed by atoms with Crippen LogP contribution in [0.15, 0.2) is 134 Å². The van der Waals surface area contributed by atoms with Crippen LogP contribution in [0.25, 0.3) is 0 Å². The van der Waals surface area contributed by atoms with Crippen molar-refractivity contribution in [2.24, 2.45) is 0 Å². The standard InChI is InChI=1S/C86H150NO8P/c1-6-8-10-12-14-16-18-20-22-24-26-28-30-32-34-36-38-40-42-43-45-46-48-50-52-54-56-58-60-62-64-66-68-70-72-74-76-78-85(88)92-82-84(83-94-96(90,91)93-81-80-87(3,4)5)95-86(89)79-77-75-73-71-69-67-65-63-61-59-57-55-53-51-49-47-44-41-39-37-35-33-31-29-27-25-23-21-19-17-15-13-11-9-7-2/h9,11,15,17,21,23-24,26-27,29,33,35,39,41,47,49,53,55,59,61,65,67,84H,6-8,10,12-14,16,18-20,22,25,28,30-32,34,36-38,40,42-46,48,50-52,54,56-58,60,62-64,66,68-83H2,1-5H3/b11-9-,17-15-,23-21-,26-24-,29-27-,35-33-,41-39-,49-47-,55-53-,61-59-,67-65-. The Morgan fingerprint density at radius 1 is 0.333 bits per heavy atom. The highest BCUT2D eigenvalue weighted by Crippen LogP contribution is 2.38. The van der Waals surface area contributed by atoms with Crippen molar-refractivity contribution in [1.29, 1.82) is 0 Å². The third-order valence-electron chi connectivity index (χ3n) is 17.2. The normalized spacial score (nSPS) is 13.8.